The minimum absolute atomic E-state index is 0.0450. The molecule has 2 rings (SSSR count). The fraction of sp³-hybridized carbons (Fsp3) is 0.667. The van der Waals surface area contributed by atoms with Crippen molar-refractivity contribution in [2.45, 2.75) is 24.5 Å². The van der Waals surface area contributed by atoms with Crippen LogP contribution in [0, 0.1) is 0 Å². The number of nitrogens with one attached hydrogen (secondary N) is 2. The third kappa shape index (κ3) is 2.86. The molecule has 1 aromatic rings. The number of likely N-dealkylation sites (N-methyl/N-ethyl adjacent to an activating group) is 1. The Morgan fingerprint density at radius 3 is 2.76 bits per heavy atom. The molecule has 1 unspecified atom stereocenters. The van der Waals surface area contributed by atoms with Crippen LogP contribution in [0.1, 0.15) is 6.23 Å². The highest BCUT2D eigenvalue weighted by atomic mass is 16.6. The fourth-order valence-electron chi connectivity index (χ4n) is 2.41. The average Bonchev–Trinajstić information content (AvgIpc) is 2.75. The molecule has 9 nitrogen and oxygen atoms in total. The van der Waals surface area contributed by atoms with Crippen molar-refractivity contribution in [3.05, 3.63) is 27.0 Å². The summed E-state index contributed by atoms with van der Waals surface area (Å²) < 4.78 is 16.9. The van der Waals surface area contributed by atoms with E-state index in [0.717, 1.165) is 4.57 Å². The topological polar surface area (TPSA) is 115 Å². The van der Waals surface area contributed by atoms with Gasteiger partial charge in [0.1, 0.15) is 18.3 Å². The SMILES string of the molecule is CNC[C@H]1O[C@@H](n2cc(OC)c(=O)[nH]c2=O)[C@@H](O)C1OC. The van der Waals surface area contributed by atoms with Gasteiger partial charge >= 0.3 is 5.69 Å². The highest BCUT2D eigenvalue weighted by Crippen LogP contribution is 2.30. The van der Waals surface area contributed by atoms with Crippen molar-refractivity contribution in [3.63, 3.8) is 0 Å². The maximum atomic E-state index is 11.9. The van der Waals surface area contributed by atoms with Crippen LogP contribution in [0.15, 0.2) is 15.8 Å². The molecule has 0 amide bonds. The number of aliphatic hydroxyl groups is 1. The van der Waals surface area contributed by atoms with Crippen molar-refractivity contribution in [1.82, 2.24) is 14.9 Å². The van der Waals surface area contributed by atoms with Crippen molar-refractivity contribution < 1.29 is 19.3 Å². The third-order valence-electron chi connectivity index (χ3n) is 3.42. The molecule has 1 aromatic heterocycles. The quantitative estimate of drug-likeness (QED) is 0.578. The van der Waals surface area contributed by atoms with E-state index in [-0.39, 0.29) is 5.75 Å². The molecule has 9 heteroatoms. The molecule has 0 aliphatic carbocycles. The van der Waals surface area contributed by atoms with Gasteiger partial charge in [-0.25, -0.2) is 4.79 Å². The molecule has 2 heterocycles. The van der Waals surface area contributed by atoms with Gasteiger partial charge in [-0.15, -0.1) is 0 Å². The minimum atomic E-state index is -1.05. The number of aliphatic hydroxyl groups excluding tert-OH is 1. The van der Waals surface area contributed by atoms with E-state index < -0.39 is 35.8 Å². The summed E-state index contributed by atoms with van der Waals surface area (Å²) >= 11 is 0. The number of methoxy groups -OCH3 is 2. The van der Waals surface area contributed by atoms with E-state index in [1.165, 1.54) is 20.4 Å². The Labute approximate surface area is 120 Å². The van der Waals surface area contributed by atoms with Crippen LogP contribution in [0.2, 0.25) is 0 Å². The first kappa shape index (κ1) is 15.7. The Kier molecular flexibility index (Phi) is 4.78. The maximum Gasteiger partial charge on any atom is 0.330 e. The predicted octanol–water partition coefficient (Wildman–Crippen LogP) is -1.96. The van der Waals surface area contributed by atoms with E-state index in [2.05, 4.69) is 10.3 Å². The van der Waals surface area contributed by atoms with Gasteiger partial charge in [0.05, 0.1) is 13.3 Å². The van der Waals surface area contributed by atoms with Crippen molar-refractivity contribution in [1.29, 1.82) is 0 Å². The smallest absolute Gasteiger partial charge is 0.330 e. The van der Waals surface area contributed by atoms with E-state index in [9.17, 15) is 14.7 Å². The summed E-state index contributed by atoms with van der Waals surface area (Å²) in [6.07, 6.45) is -1.82. The van der Waals surface area contributed by atoms with Crippen LogP contribution in [0.5, 0.6) is 5.75 Å². The van der Waals surface area contributed by atoms with E-state index in [1.807, 2.05) is 0 Å². The second kappa shape index (κ2) is 6.39. The third-order valence-corrected chi connectivity index (χ3v) is 3.42. The lowest BCUT2D eigenvalue weighted by molar-refractivity contribution is -0.0390. The highest BCUT2D eigenvalue weighted by molar-refractivity contribution is 5.12. The van der Waals surface area contributed by atoms with Gasteiger partial charge in [-0.3, -0.25) is 14.3 Å². The summed E-state index contributed by atoms with van der Waals surface area (Å²) in [6, 6.07) is 0. The van der Waals surface area contributed by atoms with E-state index >= 15 is 0 Å². The molecule has 118 valence electrons. The first-order valence-electron chi connectivity index (χ1n) is 6.43. The summed E-state index contributed by atoms with van der Waals surface area (Å²) in [4.78, 5) is 25.5. The highest BCUT2D eigenvalue weighted by Gasteiger charge is 2.45. The van der Waals surface area contributed by atoms with Crippen molar-refractivity contribution in [3.8, 4) is 5.75 Å². The molecule has 1 fully saturated rings. The van der Waals surface area contributed by atoms with Gasteiger partial charge in [-0.05, 0) is 7.05 Å². The second-order valence-electron chi connectivity index (χ2n) is 4.68. The van der Waals surface area contributed by atoms with Gasteiger partial charge < -0.3 is 24.6 Å². The van der Waals surface area contributed by atoms with Gasteiger partial charge in [-0.2, -0.15) is 0 Å². The zero-order chi connectivity index (χ0) is 15.6. The standard InChI is InChI=1S/C12H19N3O6/c1-13-4-6-9(20-3)8(16)11(21-6)15-5-7(19-2)10(17)14-12(15)18/h5-6,8-9,11,13,16H,4H2,1-3H3,(H,14,17,18)/t6-,8+,9?,11-/m1/s1. The molecule has 0 bridgehead atoms. The molecule has 0 aromatic carbocycles. The number of hydrogen-bond donors (Lipinski definition) is 3. The Morgan fingerprint density at radius 2 is 2.19 bits per heavy atom. The molecular weight excluding hydrogens is 282 g/mol. The lowest BCUT2D eigenvalue weighted by Crippen LogP contribution is -2.39. The predicted molar refractivity (Wildman–Crippen MR) is 72.5 cm³/mol. The lowest BCUT2D eigenvalue weighted by atomic mass is 10.1. The van der Waals surface area contributed by atoms with Gasteiger partial charge in [0, 0.05) is 13.7 Å². The number of nitrogens with zero attached hydrogens (tertiary/aromatic N) is 1. The molecular formula is C12H19N3O6. The number of aromatic amines is 1. The molecule has 1 aliphatic rings. The molecule has 1 saturated heterocycles. The number of H-pyrrole nitrogens is 1. The second-order valence-corrected chi connectivity index (χ2v) is 4.68. The van der Waals surface area contributed by atoms with Crippen LogP contribution in [0.3, 0.4) is 0 Å². The van der Waals surface area contributed by atoms with Crippen LogP contribution in [0.25, 0.3) is 0 Å². The number of rotatable bonds is 5. The summed E-state index contributed by atoms with van der Waals surface area (Å²) in [7, 11) is 4.51. The summed E-state index contributed by atoms with van der Waals surface area (Å²) in [5.74, 6) is -0.0450. The van der Waals surface area contributed by atoms with Crippen LogP contribution in [-0.2, 0) is 9.47 Å². The molecule has 0 spiro atoms. The minimum Gasteiger partial charge on any atom is -0.490 e. The van der Waals surface area contributed by atoms with Gasteiger partial charge in [-0.1, -0.05) is 0 Å². The van der Waals surface area contributed by atoms with Crippen LogP contribution >= 0.6 is 0 Å². The summed E-state index contributed by atoms with van der Waals surface area (Å²) in [5.41, 5.74) is -1.33. The number of ether oxygens (including phenoxy) is 3. The zero-order valence-corrected chi connectivity index (χ0v) is 12.0. The molecule has 3 N–H and O–H groups in total. The van der Waals surface area contributed by atoms with Crippen LogP contribution in [-0.4, -0.2) is 60.8 Å². The largest absolute Gasteiger partial charge is 0.490 e. The van der Waals surface area contributed by atoms with E-state index in [1.54, 1.807) is 7.05 Å². The first-order valence-corrected chi connectivity index (χ1v) is 6.43. The van der Waals surface area contributed by atoms with E-state index in [0.29, 0.717) is 6.54 Å². The molecule has 21 heavy (non-hydrogen) atoms. The molecule has 1 aliphatic heterocycles. The van der Waals surface area contributed by atoms with Gasteiger partial charge in [0.25, 0.3) is 5.56 Å². The van der Waals surface area contributed by atoms with Crippen LogP contribution in [0.4, 0.5) is 0 Å². The van der Waals surface area contributed by atoms with Crippen molar-refractivity contribution >= 4 is 0 Å². The monoisotopic (exact) mass is 301 g/mol. The normalized spacial score (nSPS) is 28.8. The zero-order valence-electron chi connectivity index (χ0n) is 12.0. The van der Waals surface area contributed by atoms with Gasteiger partial charge in [0.15, 0.2) is 6.23 Å². The molecule has 0 radical (unpaired) electrons. The van der Waals surface area contributed by atoms with Crippen molar-refractivity contribution in [2.75, 3.05) is 27.8 Å². The summed E-state index contributed by atoms with van der Waals surface area (Å²) in [5, 5.41) is 13.2. The maximum absolute atomic E-state index is 11.9. The molecule has 4 atom stereocenters. The lowest BCUT2D eigenvalue weighted by Gasteiger charge is -2.18. The Morgan fingerprint density at radius 1 is 1.48 bits per heavy atom. The Balaban J connectivity index is 2.38. The average molecular weight is 301 g/mol. The van der Waals surface area contributed by atoms with Gasteiger partial charge in [0.2, 0.25) is 5.75 Å². The summed E-state index contributed by atoms with van der Waals surface area (Å²) in [6.45, 7) is 0.446. The molecule has 0 saturated carbocycles. The van der Waals surface area contributed by atoms with Crippen molar-refractivity contribution in [2.24, 2.45) is 0 Å². The van der Waals surface area contributed by atoms with Crippen LogP contribution < -0.4 is 21.3 Å². The Hall–Kier alpha value is -1.68. The first-order chi connectivity index (χ1) is 10.0. The van der Waals surface area contributed by atoms with E-state index in [4.69, 9.17) is 14.2 Å². The number of aromatic nitrogens is 2. The Bertz CT molecular complexity index is 597. The number of hydrogen-bond acceptors (Lipinski definition) is 7. The fourth-order valence-corrected chi connectivity index (χ4v) is 2.41.